The van der Waals surface area contributed by atoms with Crippen molar-refractivity contribution in [3.8, 4) is 0 Å². The normalized spacial score (nSPS) is 7.93. The summed E-state index contributed by atoms with van der Waals surface area (Å²) >= 11 is 0. The minimum Gasteiger partial charge on any atom is -0.0776 e. The van der Waals surface area contributed by atoms with E-state index < -0.39 is 0 Å². The summed E-state index contributed by atoms with van der Waals surface area (Å²) in [5, 5.41) is 2.64. The van der Waals surface area contributed by atoms with E-state index in [1.165, 1.54) is 16.3 Å². The highest BCUT2D eigenvalue weighted by molar-refractivity contribution is 5.82. The second kappa shape index (κ2) is 8.05. The quantitative estimate of drug-likeness (QED) is 0.535. The van der Waals surface area contributed by atoms with Gasteiger partial charge < -0.3 is 0 Å². The highest BCUT2D eigenvalue weighted by atomic mass is 13.9. The lowest BCUT2D eigenvalue weighted by Crippen LogP contribution is -1.73. The molecule has 0 radical (unpaired) electrons. The van der Waals surface area contributed by atoms with Crippen LogP contribution in [0.15, 0.2) is 42.5 Å². The van der Waals surface area contributed by atoms with Crippen molar-refractivity contribution in [1.82, 2.24) is 0 Å². The zero-order chi connectivity index (χ0) is 9.68. The largest absolute Gasteiger partial charge is 0.0776 e. The average Bonchev–Trinajstić information content (AvgIpc) is 2.21. The van der Waals surface area contributed by atoms with Crippen molar-refractivity contribution in [1.29, 1.82) is 0 Å². The molecule has 0 nitrogen and oxygen atoms in total. The van der Waals surface area contributed by atoms with Crippen LogP contribution in [0.5, 0.6) is 0 Å². The molecule has 0 N–H and O–H groups in total. The topological polar surface area (TPSA) is 0 Å². The Morgan fingerprint density at radius 1 is 0.733 bits per heavy atom. The molecule has 0 aliphatic rings. The van der Waals surface area contributed by atoms with Crippen LogP contribution in [0.4, 0.5) is 0 Å². The summed E-state index contributed by atoms with van der Waals surface area (Å²) in [6.07, 6.45) is 0. The monoisotopic (exact) mass is 204 g/mol. The van der Waals surface area contributed by atoms with Crippen LogP contribution in [-0.4, -0.2) is 0 Å². The molecule has 0 saturated heterocycles. The van der Waals surface area contributed by atoms with Crippen molar-refractivity contribution in [3.05, 3.63) is 48.0 Å². The molecule has 2 rings (SSSR count). The summed E-state index contributed by atoms with van der Waals surface area (Å²) < 4.78 is 0. The summed E-state index contributed by atoms with van der Waals surface area (Å²) in [5.74, 6) is 0. The second-order valence-electron chi connectivity index (χ2n) is 2.85. The highest BCUT2D eigenvalue weighted by Crippen LogP contribution is 2.14. The van der Waals surface area contributed by atoms with Gasteiger partial charge >= 0.3 is 0 Å². The summed E-state index contributed by atoms with van der Waals surface area (Å²) in [5.41, 5.74) is 1.32. The minimum atomic E-state index is 0. The van der Waals surface area contributed by atoms with E-state index >= 15 is 0 Å². The van der Waals surface area contributed by atoms with Gasteiger partial charge in [0.2, 0.25) is 0 Å². The Hall–Kier alpha value is -1.30. The molecule has 2 aromatic rings. The van der Waals surface area contributed by atoms with Crippen LogP contribution in [0.3, 0.4) is 0 Å². The first kappa shape index (κ1) is 16.1. The molecule has 0 heteroatoms. The van der Waals surface area contributed by atoms with Crippen molar-refractivity contribution in [2.75, 3.05) is 0 Å². The van der Waals surface area contributed by atoms with E-state index in [1.807, 2.05) is 13.8 Å². The van der Waals surface area contributed by atoms with Crippen LogP contribution in [0.25, 0.3) is 10.8 Å². The molecule has 0 aliphatic heterocycles. The third kappa shape index (κ3) is 4.16. The number of hydrogen-bond acceptors (Lipinski definition) is 0. The Labute approximate surface area is 95.0 Å². The van der Waals surface area contributed by atoms with Crippen LogP contribution in [0.1, 0.15) is 34.3 Å². The molecule has 0 atom stereocenters. The zero-order valence-corrected chi connectivity index (χ0v) is 8.54. The lowest BCUT2D eigenvalue weighted by molar-refractivity contribution is 1.50. The Kier molecular flexibility index (Phi) is 8.66. The molecule has 15 heavy (non-hydrogen) atoms. The van der Waals surface area contributed by atoms with E-state index in [1.54, 1.807) is 0 Å². The molecule has 0 spiro atoms. The van der Waals surface area contributed by atoms with Gasteiger partial charge in [-0.2, -0.15) is 0 Å². The Balaban J connectivity index is 0. The van der Waals surface area contributed by atoms with E-state index in [2.05, 4.69) is 49.4 Å². The second-order valence-corrected chi connectivity index (χ2v) is 2.85. The molecule has 0 bridgehead atoms. The SMILES string of the molecule is C.C.CC.Cc1ccc2ccccc2c1. The fourth-order valence-electron chi connectivity index (χ4n) is 1.31. The summed E-state index contributed by atoms with van der Waals surface area (Å²) in [6.45, 7) is 6.12. The van der Waals surface area contributed by atoms with E-state index in [9.17, 15) is 0 Å². The Bertz CT molecular complexity index is 374. The smallest absolute Gasteiger partial charge is 0.0181 e. The van der Waals surface area contributed by atoms with E-state index in [4.69, 9.17) is 0 Å². The first-order valence-electron chi connectivity index (χ1n) is 4.82. The van der Waals surface area contributed by atoms with Gasteiger partial charge in [-0.3, -0.25) is 0 Å². The highest BCUT2D eigenvalue weighted by Gasteiger charge is 1.89. The van der Waals surface area contributed by atoms with Crippen molar-refractivity contribution < 1.29 is 0 Å². The molecular weight excluding hydrogens is 180 g/mol. The van der Waals surface area contributed by atoms with E-state index in [-0.39, 0.29) is 14.9 Å². The number of rotatable bonds is 0. The maximum atomic E-state index is 2.20. The molecule has 2 aromatic carbocycles. The van der Waals surface area contributed by atoms with Crippen LogP contribution >= 0.6 is 0 Å². The van der Waals surface area contributed by atoms with E-state index in [0.29, 0.717) is 0 Å². The third-order valence-electron chi connectivity index (χ3n) is 1.90. The van der Waals surface area contributed by atoms with Crippen LogP contribution in [-0.2, 0) is 0 Å². The van der Waals surface area contributed by atoms with Crippen LogP contribution < -0.4 is 0 Å². The van der Waals surface area contributed by atoms with Gasteiger partial charge in [-0.05, 0) is 17.7 Å². The maximum Gasteiger partial charge on any atom is -0.0181 e. The van der Waals surface area contributed by atoms with Crippen molar-refractivity contribution in [2.24, 2.45) is 0 Å². The zero-order valence-electron chi connectivity index (χ0n) is 8.54. The van der Waals surface area contributed by atoms with Crippen LogP contribution in [0, 0.1) is 6.92 Å². The third-order valence-corrected chi connectivity index (χ3v) is 1.90. The molecule has 0 aliphatic carbocycles. The fraction of sp³-hybridized carbons (Fsp3) is 0.333. The van der Waals surface area contributed by atoms with Gasteiger partial charge in [0.1, 0.15) is 0 Å². The van der Waals surface area contributed by atoms with Crippen molar-refractivity contribution >= 4 is 10.8 Å². The Morgan fingerprint density at radius 2 is 1.27 bits per heavy atom. The average molecular weight is 204 g/mol. The summed E-state index contributed by atoms with van der Waals surface area (Å²) in [6, 6.07) is 14.9. The van der Waals surface area contributed by atoms with Gasteiger partial charge in [0.15, 0.2) is 0 Å². The molecule has 0 unspecified atom stereocenters. The Morgan fingerprint density at radius 3 is 1.87 bits per heavy atom. The molecule has 0 fully saturated rings. The lowest BCUT2D eigenvalue weighted by atomic mass is 10.1. The molecule has 0 aromatic heterocycles. The standard InChI is InChI=1S/C11H10.C2H6.2CH4/c1-9-6-7-10-4-2-3-5-11(10)8-9;1-2;;/h2-8H,1H3;1-2H3;2*1H4. The van der Waals surface area contributed by atoms with Gasteiger partial charge in [-0.1, -0.05) is 76.7 Å². The van der Waals surface area contributed by atoms with Gasteiger partial charge in [-0.25, -0.2) is 0 Å². The maximum absolute atomic E-state index is 2.20. The fourth-order valence-corrected chi connectivity index (χ4v) is 1.31. The van der Waals surface area contributed by atoms with E-state index in [0.717, 1.165) is 0 Å². The molecule has 0 saturated carbocycles. The van der Waals surface area contributed by atoms with Crippen LogP contribution in [0.2, 0.25) is 0 Å². The first-order chi connectivity index (χ1) is 6.36. The molecule has 0 amide bonds. The summed E-state index contributed by atoms with van der Waals surface area (Å²) in [4.78, 5) is 0. The number of benzene rings is 2. The predicted octanol–water partition coefficient (Wildman–Crippen LogP) is 5.45. The number of fused-ring (bicyclic) bond motifs is 1. The molecule has 84 valence electrons. The molecule has 0 heterocycles. The van der Waals surface area contributed by atoms with Gasteiger partial charge in [0.05, 0.1) is 0 Å². The summed E-state index contributed by atoms with van der Waals surface area (Å²) in [7, 11) is 0. The molecular formula is C15H24. The number of hydrogen-bond donors (Lipinski definition) is 0. The van der Waals surface area contributed by atoms with Gasteiger partial charge in [-0.15, -0.1) is 0 Å². The van der Waals surface area contributed by atoms with Crippen molar-refractivity contribution in [2.45, 2.75) is 35.6 Å². The minimum absolute atomic E-state index is 0. The van der Waals surface area contributed by atoms with Crippen molar-refractivity contribution in [3.63, 3.8) is 0 Å². The van der Waals surface area contributed by atoms with Gasteiger partial charge in [0, 0.05) is 0 Å². The lowest BCUT2D eigenvalue weighted by Gasteiger charge is -1.96. The first-order valence-corrected chi connectivity index (χ1v) is 4.82. The number of aryl methyl sites for hydroxylation is 1. The van der Waals surface area contributed by atoms with Gasteiger partial charge in [0.25, 0.3) is 0 Å². The predicted molar refractivity (Wildman–Crippen MR) is 73.5 cm³/mol.